The van der Waals surface area contributed by atoms with Crippen molar-refractivity contribution in [3.8, 4) is 0 Å². The number of aryl methyl sites for hydroxylation is 1. The van der Waals surface area contributed by atoms with Crippen molar-refractivity contribution in [3.05, 3.63) is 40.0 Å². The molecule has 2 atom stereocenters. The lowest BCUT2D eigenvalue weighted by molar-refractivity contribution is 0.139. The summed E-state index contributed by atoms with van der Waals surface area (Å²) in [6.07, 6.45) is 1.50. The van der Waals surface area contributed by atoms with E-state index in [1.165, 1.54) is 11.5 Å². The second-order valence-electron chi connectivity index (χ2n) is 6.33. The Morgan fingerprint density at radius 3 is 2.88 bits per heavy atom. The predicted molar refractivity (Wildman–Crippen MR) is 105 cm³/mol. The Labute approximate surface area is 156 Å². The Balaban J connectivity index is 1.90. The van der Waals surface area contributed by atoms with Crippen LogP contribution in [-0.4, -0.2) is 48.5 Å². The van der Waals surface area contributed by atoms with E-state index < -0.39 is 6.17 Å². The number of benzene rings is 1. The molecule has 0 N–H and O–H groups in total. The number of nitrogens with zero attached hydrogens (tertiary/aromatic N) is 4. The third-order valence-electron chi connectivity index (χ3n) is 4.41. The zero-order chi connectivity index (χ0) is 18.0. The maximum atomic E-state index is 14.5. The number of rotatable bonds is 4. The Bertz CT molecular complexity index is 804. The molecule has 7 heteroatoms. The minimum atomic E-state index is -0.936. The average Bonchev–Trinajstić information content (AvgIpc) is 2.99. The van der Waals surface area contributed by atoms with Crippen LogP contribution in [-0.2, 0) is 0 Å². The summed E-state index contributed by atoms with van der Waals surface area (Å²) < 4.78 is 18.7. The second kappa shape index (κ2) is 7.72. The molecule has 0 aliphatic carbocycles. The van der Waals surface area contributed by atoms with Crippen LogP contribution in [0.5, 0.6) is 0 Å². The first-order valence-electron chi connectivity index (χ1n) is 8.08. The van der Waals surface area contributed by atoms with Gasteiger partial charge in [0.15, 0.2) is 0 Å². The first-order valence-corrected chi connectivity index (χ1v) is 9.23. The van der Waals surface area contributed by atoms with E-state index in [1.807, 2.05) is 31.0 Å². The van der Waals surface area contributed by atoms with Gasteiger partial charge in [-0.05, 0) is 68.9 Å². The molecule has 2 unspecified atom stereocenters. The molecule has 0 amide bonds. The fourth-order valence-corrected chi connectivity index (χ4v) is 3.99. The SMILES string of the molecule is C=Nc1cc(C2CCN(C)CC2F)c(Cl)cc1/C=N\c1cc(C)ns1. The Morgan fingerprint density at radius 1 is 1.44 bits per heavy atom. The number of aliphatic imine (C=N–C) groups is 2. The first kappa shape index (κ1) is 18.2. The summed E-state index contributed by atoms with van der Waals surface area (Å²) in [5.41, 5.74) is 3.16. The summed E-state index contributed by atoms with van der Waals surface area (Å²) in [4.78, 5) is 10.5. The van der Waals surface area contributed by atoms with Crippen LogP contribution in [0.4, 0.5) is 15.1 Å². The molecule has 4 nitrogen and oxygen atoms in total. The lowest BCUT2D eigenvalue weighted by atomic mass is 9.87. The largest absolute Gasteiger partial charge is 0.303 e. The van der Waals surface area contributed by atoms with E-state index in [0.717, 1.165) is 34.8 Å². The number of alkyl halides is 1. The fraction of sp³-hybridized carbons (Fsp3) is 0.389. The van der Waals surface area contributed by atoms with Crippen molar-refractivity contribution >= 4 is 46.8 Å². The lowest BCUT2D eigenvalue weighted by Gasteiger charge is -2.33. The van der Waals surface area contributed by atoms with Crippen LogP contribution in [0.25, 0.3) is 0 Å². The predicted octanol–water partition coefficient (Wildman–Crippen LogP) is 4.94. The van der Waals surface area contributed by atoms with Crippen molar-refractivity contribution in [1.82, 2.24) is 9.27 Å². The number of piperidine rings is 1. The van der Waals surface area contributed by atoms with Gasteiger partial charge in [-0.15, -0.1) is 0 Å². The minimum absolute atomic E-state index is 0.209. The van der Waals surface area contributed by atoms with Crippen LogP contribution in [0.3, 0.4) is 0 Å². The first-order chi connectivity index (χ1) is 12.0. The molecule has 1 saturated heterocycles. The van der Waals surface area contributed by atoms with Crippen molar-refractivity contribution in [2.75, 3.05) is 20.1 Å². The summed E-state index contributed by atoms with van der Waals surface area (Å²) >= 11 is 7.80. The number of likely N-dealkylation sites (tertiary alicyclic amines) is 1. The van der Waals surface area contributed by atoms with Crippen molar-refractivity contribution in [3.63, 3.8) is 0 Å². The average molecular weight is 379 g/mol. The van der Waals surface area contributed by atoms with E-state index in [2.05, 4.69) is 21.1 Å². The van der Waals surface area contributed by atoms with Gasteiger partial charge in [0.2, 0.25) is 0 Å². The van der Waals surface area contributed by atoms with Crippen LogP contribution < -0.4 is 0 Å². The molecule has 0 bridgehead atoms. The molecular weight excluding hydrogens is 359 g/mol. The summed E-state index contributed by atoms with van der Waals surface area (Å²) in [6.45, 7) is 6.83. The van der Waals surface area contributed by atoms with E-state index in [-0.39, 0.29) is 5.92 Å². The van der Waals surface area contributed by atoms with Crippen LogP contribution in [0.1, 0.15) is 29.2 Å². The lowest BCUT2D eigenvalue weighted by Crippen LogP contribution is -2.38. The Kier molecular flexibility index (Phi) is 5.61. The van der Waals surface area contributed by atoms with Crippen molar-refractivity contribution in [2.24, 2.45) is 9.98 Å². The van der Waals surface area contributed by atoms with E-state index >= 15 is 0 Å². The van der Waals surface area contributed by atoms with Crippen LogP contribution >= 0.6 is 23.1 Å². The summed E-state index contributed by atoms with van der Waals surface area (Å²) in [7, 11) is 1.93. The number of hydrogen-bond donors (Lipinski definition) is 0. The molecule has 0 saturated carbocycles. The van der Waals surface area contributed by atoms with E-state index in [9.17, 15) is 4.39 Å². The molecule has 0 radical (unpaired) electrons. The third-order valence-corrected chi connectivity index (χ3v) is 5.52. The molecule has 0 spiro atoms. The maximum absolute atomic E-state index is 14.5. The van der Waals surface area contributed by atoms with Gasteiger partial charge in [0.25, 0.3) is 0 Å². The molecule has 1 aromatic heterocycles. The van der Waals surface area contributed by atoms with Crippen LogP contribution in [0.15, 0.2) is 28.2 Å². The van der Waals surface area contributed by atoms with E-state index in [4.69, 9.17) is 11.6 Å². The molecule has 3 rings (SSSR count). The maximum Gasteiger partial charge on any atom is 0.136 e. The highest BCUT2D eigenvalue weighted by Crippen LogP contribution is 2.38. The van der Waals surface area contributed by atoms with Crippen LogP contribution in [0, 0.1) is 6.92 Å². The summed E-state index contributed by atoms with van der Waals surface area (Å²) in [6, 6.07) is 5.55. The second-order valence-corrected chi connectivity index (χ2v) is 7.52. The zero-order valence-electron chi connectivity index (χ0n) is 14.2. The molecule has 1 aromatic carbocycles. The summed E-state index contributed by atoms with van der Waals surface area (Å²) in [5.74, 6) is -0.209. The fourth-order valence-electron chi connectivity index (χ4n) is 3.07. The number of aromatic nitrogens is 1. The topological polar surface area (TPSA) is 40.9 Å². The van der Waals surface area contributed by atoms with Gasteiger partial charge >= 0.3 is 0 Å². The van der Waals surface area contributed by atoms with Crippen molar-refractivity contribution < 1.29 is 4.39 Å². The third kappa shape index (κ3) is 4.14. The normalized spacial score (nSPS) is 21.8. The zero-order valence-corrected chi connectivity index (χ0v) is 15.8. The molecule has 1 aliphatic heterocycles. The van der Waals surface area contributed by atoms with Gasteiger partial charge in [-0.2, -0.15) is 4.37 Å². The molecule has 2 heterocycles. The minimum Gasteiger partial charge on any atom is -0.303 e. The smallest absolute Gasteiger partial charge is 0.136 e. The van der Waals surface area contributed by atoms with E-state index in [1.54, 1.807) is 12.3 Å². The molecular formula is C18H20ClFN4S. The quantitative estimate of drug-likeness (QED) is 0.706. The van der Waals surface area contributed by atoms with Gasteiger partial charge < -0.3 is 4.90 Å². The molecule has 1 aliphatic rings. The van der Waals surface area contributed by atoms with Gasteiger partial charge in [0, 0.05) is 29.3 Å². The van der Waals surface area contributed by atoms with Gasteiger partial charge in [-0.1, -0.05) is 11.6 Å². The molecule has 1 fully saturated rings. The van der Waals surface area contributed by atoms with Gasteiger partial charge in [0.1, 0.15) is 11.2 Å². The van der Waals surface area contributed by atoms with E-state index in [0.29, 0.717) is 17.3 Å². The number of halogens is 2. The van der Waals surface area contributed by atoms with Gasteiger partial charge in [-0.25, -0.2) is 9.38 Å². The number of hydrogen-bond acceptors (Lipinski definition) is 5. The summed E-state index contributed by atoms with van der Waals surface area (Å²) in [5, 5.41) is 1.36. The molecule has 2 aromatic rings. The van der Waals surface area contributed by atoms with Gasteiger partial charge in [0.05, 0.1) is 11.4 Å². The van der Waals surface area contributed by atoms with Crippen molar-refractivity contribution in [2.45, 2.75) is 25.4 Å². The highest BCUT2D eigenvalue weighted by Gasteiger charge is 2.30. The highest BCUT2D eigenvalue weighted by molar-refractivity contribution is 7.09. The standard InChI is InChI=1S/C18H20ClFN4S/c1-11-6-18(25-23-11)22-9-12-7-15(19)14(8-17(12)21-2)13-4-5-24(3)10-16(13)20/h6-9,13,16H,2,4-5,10H2,1,3H3/b22-9-. The Morgan fingerprint density at radius 2 is 2.24 bits per heavy atom. The van der Waals surface area contributed by atoms with Gasteiger partial charge in [-0.3, -0.25) is 4.99 Å². The molecule has 132 valence electrons. The molecule has 25 heavy (non-hydrogen) atoms. The highest BCUT2D eigenvalue weighted by atomic mass is 35.5. The monoisotopic (exact) mass is 378 g/mol. The van der Waals surface area contributed by atoms with Crippen LogP contribution in [0.2, 0.25) is 5.02 Å². The Hall–Kier alpha value is -1.63. The van der Waals surface area contributed by atoms with Crippen molar-refractivity contribution in [1.29, 1.82) is 0 Å².